The quantitative estimate of drug-likeness (QED) is 0.0601. The third kappa shape index (κ3) is 9.39. The van der Waals surface area contributed by atoms with E-state index in [1.807, 2.05) is 50.2 Å². The van der Waals surface area contributed by atoms with Crippen LogP contribution in [0.5, 0.6) is 0 Å². The fourth-order valence-electron chi connectivity index (χ4n) is 5.09. The summed E-state index contributed by atoms with van der Waals surface area (Å²) < 4.78 is 23.6. The number of rotatable bonds is 18. The molecule has 0 saturated heterocycles. The molecular formula is C33H44N3O7P. The molecule has 3 amide bonds. The van der Waals surface area contributed by atoms with Gasteiger partial charge in [-0.25, -0.2) is 5.06 Å². The first kappa shape index (κ1) is 34.8. The number of furan rings is 1. The van der Waals surface area contributed by atoms with E-state index in [1.165, 1.54) is 12.2 Å². The van der Waals surface area contributed by atoms with Gasteiger partial charge in [0, 0.05) is 24.6 Å². The summed E-state index contributed by atoms with van der Waals surface area (Å²) in [6, 6.07) is 17.6. The maximum atomic E-state index is 13.4. The molecule has 0 aliphatic carbocycles. The zero-order valence-electron chi connectivity index (χ0n) is 26.2. The highest BCUT2D eigenvalue weighted by Gasteiger charge is 2.32. The van der Waals surface area contributed by atoms with Crippen molar-refractivity contribution in [1.82, 2.24) is 15.7 Å². The first-order chi connectivity index (χ1) is 21.1. The monoisotopic (exact) mass is 625 g/mol. The summed E-state index contributed by atoms with van der Waals surface area (Å²) in [5.41, 5.74) is 2.43. The summed E-state index contributed by atoms with van der Waals surface area (Å²) in [5.74, 6) is -0.729. The van der Waals surface area contributed by atoms with Crippen molar-refractivity contribution in [3.63, 3.8) is 0 Å². The van der Waals surface area contributed by atoms with E-state index in [0.717, 1.165) is 36.0 Å². The van der Waals surface area contributed by atoms with E-state index in [4.69, 9.17) is 13.8 Å². The van der Waals surface area contributed by atoms with Crippen LogP contribution in [-0.4, -0.2) is 49.8 Å². The van der Waals surface area contributed by atoms with Crippen molar-refractivity contribution in [2.45, 2.75) is 65.5 Å². The number of carbonyl (C=O) groups is 3. The van der Waals surface area contributed by atoms with Gasteiger partial charge in [0.05, 0.1) is 18.6 Å². The lowest BCUT2D eigenvalue weighted by molar-refractivity contribution is -0.200. The number of aryl methyl sites for hydroxylation is 1. The zero-order chi connectivity index (χ0) is 32.1. The lowest BCUT2D eigenvalue weighted by Crippen LogP contribution is -2.48. The Morgan fingerprint density at radius 1 is 1.05 bits per heavy atom. The van der Waals surface area contributed by atoms with Crippen LogP contribution in [0.4, 0.5) is 0 Å². The summed E-state index contributed by atoms with van der Waals surface area (Å²) in [5, 5.41) is 7.35. The average molecular weight is 626 g/mol. The average Bonchev–Trinajstić information content (AvgIpc) is 3.53. The molecule has 11 heteroatoms. The topological polar surface area (TPSA) is 127 Å². The first-order valence-electron chi connectivity index (χ1n) is 15.0. The molecule has 44 heavy (non-hydrogen) atoms. The number of unbranched alkanes of at least 4 members (excludes halogenated alkanes) is 2. The molecule has 0 bridgehead atoms. The summed E-state index contributed by atoms with van der Waals surface area (Å²) in [7, 11) is -1.49. The summed E-state index contributed by atoms with van der Waals surface area (Å²) in [6.07, 6.45) is 4.48. The Morgan fingerprint density at radius 3 is 2.43 bits per heavy atom. The predicted octanol–water partition coefficient (Wildman–Crippen LogP) is 5.80. The van der Waals surface area contributed by atoms with Crippen LogP contribution in [0, 0.1) is 12.8 Å². The van der Waals surface area contributed by atoms with Crippen molar-refractivity contribution < 1.29 is 32.7 Å². The molecule has 2 N–H and O–H groups in total. The van der Waals surface area contributed by atoms with Crippen molar-refractivity contribution >= 4 is 30.9 Å². The number of nitrogens with zero attached hydrogens (tertiary/aromatic N) is 1. The second kappa shape index (κ2) is 16.9. The molecule has 0 aliphatic rings. The van der Waals surface area contributed by atoms with Crippen LogP contribution in [-0.2, 0) is 30.1 Å². The van der Waals surface area contributed by atoms with E-state index >= 15 is 0 Å². The van der Waals surface area contributed by atoms with Crippen molar-refractivity contribution in [2.75, 3.05) is 20.4 Å². The lowest BCUT2D eigenvalue weighted by atomic mass is 9.90. The van der Waals surface area contributed by atoms with E-state index in [0.29, 0.717) is 30.3 Å². The zero-order valence-corrected chi connectivity index (χ0v) is 27.1. The lowest BCUT2D eigenvalue weighted by Gasteiger charge is -2.32. The van der Waals surface area contributed by atoms with Gasteiger partial charge in [0.2, 0.25) is 19.7 Å². The molecular weight excluding hydrogens is 581 g/mol. The molecule has 3 rings (SSSR count). The minimum Gasteiger partial charge on any atom is -0.451 e. The number of hydrogen-bond acceptors (Lipinski definition) is 7. The van der Waals surface area contributed by atoms with Crippen LogP contribution in [0.1, 0.15) is 67.6 Å². The standard InChI is InChI=1S/C33H44N3O7P/c1-6-8-10-15-27(28(7-2)36(23-37)42-21-25-13-11-9-12-14-25)32(38)34-22-35-33(39)30-18-17-29(43-30)26-16-19-31(24(3)20-26)44(5,40)41-4/h9,11-14,16-20,23,27-28H,6-8,10,15,21-22H2,1-5H3,(H,34,38)(H,35,39)/t27-,28-,44?/m1/s1. The van der Waals surface area contributed by atoms with E-state index in [9.17, 15) is 18.9 Å². The predicted molar refractivity (Wildman–Crippen MR) is 170 cm³/mol. The number of nitrogens with one attached hydrogen (secondary N) is 2. The summed E-state index contributed by atoms with van der Waals surface area (Å²) >= 11 is 0. The van der Waals surface area contributed by atoms with Crippen LogP contribution < -0.4 is 15.9 Å². The van der Waals surface area contributed by atoms with Crippen LogP contribution in [0.2, 0.25) is 0 Å². The summed E-state index contributed by atoms with van der Waals surface area (Å²) in [4.78, 5) is 44.1. The Balaban J connectivity index is 1.63. The Hall–Kier alpha value is -3.72. The van der Waals surface area contributed by atoms with E-state index in [-0.39, 0.29) is 24.9 Å². The Morgan fingerprint density at radius 2 is 1.80 bits per heavy atom. The van der Waals surface area contributed by atoms with Gasteiger partial charge in [-0.3, -0.25) is 23.8 Å². The maximum Gasteiger partial charge on any atom is 0.288 e. The number of hydroxylamine groups is 2. The highest BCUT2D eigenvalue weighted by atomic mass is 31.2. The fraction of sp³-hybridized carbons (Fsp3) is 0.424. The van der Waals surface area contributed by atoms with Gasteiger partial charge in [0.25, 0.3) is 5.91 Å². The van der Waals surface area contributed by atoms with E-state index < -0.39 is 25.2 Å². The highest BCUT2D eigenvalue weighted by molar-refractivity contribution is 7.66. The van der Waals surface area contributed by atoms with Gasteiger partial charge in [0.15, 0.2) is 5.76 Å². The number of benzene rings is 2. The van der Waals surface area contributed by atoms with Crippen LogP contribution in [0.25, 0.3) is 11.3 Å². The van der Waals surface area contributed by atoms with Crippen molar-refractivity contribution in [1.29, 1.82) is 0 Å². The first-order valence-corrected chi connectivity index (χ1v) is 17.0. The van der Waals surface area contributed by atoms with Gasteiger partial charge in [-0.2, -0.15) is 0 Å². The van der Waals surface area contributed by atoms with E-state index in [2.05, 4.69) is 17.6 Å². The van der Waals surface area contributed by atoms with Gasteiger partial charge in [0.1, 0.15) is 12.4 Å². The molecule has 0 spiro atoms. The Bertz CT molecular complexity index is 1430. The second-order valence-corrected chi connectivity index (χ2v) is 13.3. The Labute approximate surface area is 259 Å². The van der Waals surface area contributed by atoms with Gasteiger partial charge in [-0.05, 0) is 55.2 Å². The third-order valence-corrected chi connectivity index (χ3v) is 9.67. The van der Waals surface area contributed by atoms with Crippen molar-refractivity contribution in [3.8, 4) is 11.3 Å². The molecule has 0 fully saturated rings. The van der Waals surface area contributed by atoms with Crippen molar-refractivity contribution in [3.05, 3.63) is 77.6 Å². The minimum absolute atomic E-state index is 0.0846. The number of hydrogen-bond donors (Lipinski definition) is 2. The van der Waals surface area contributed by atoms with Crippen LogP contribution in [0.3, 0.4) is 0 Å². The number of amides is 3. The maximum absolute atomic E-state index is 13.4. The molecule has 0 saturated carbocycles. The normalized spacial score (nSPS) is 13.8. The Kier molecular flexibility index (Phi) is 13.4. The van der Waals surface area contributed by atoms with Crippen LogP contribution >= 0.6 is 7.37 Å². The van der Waals surface area contributed by atoms with Crippen molar-refractivity contribution in [2.24, 2.45) is 5.92 Å². The largest absolute Gasteiger partial charge is 0.451 e. The van der Waals surface area contributed by atoms with E-state index in [1.54, 1.807) is 30.9 Å². The highest BCUT2D eigenvalue weighted by Crippen LogP contribution is 2.41. The van der Waals surface area contributed by atoms with Gasteiger partial charge < -0.3 is 19.6 Å². The molecule has 10 nitrogen and oxygen atoms in total. The molecule has 1 heterocycles. The molecule has 2 aromatic carbocycles. The number of carbonyl (C=O) groups excluding carboxylic acids is 3. The fourth-order valence-corrected chi connectivity index (χ4v) is 6.34. The van der Waals surface area contributed by atoms with Gasteiger partial charge in [-0.1, -0.05) is 69.5 Å². The molecule has 3 atom stereocenters. The molecule has 1 unspecified atom stereocenters. The molecule has 3 aromatic rings. The smallest absolute Gasteiger partial charge is 0.288 e. The van der Waals surface area contributed by atoms with Crippen LogP contribution in [0.15, 0.2) is 65.1 Å². The third-order valence-electron chi connectivity index (χ3n) is 7.60. The second-order valence-electron chi connectivity index (χ2n) is 10.7. The minimum atomic E-state index is -2.91. The molecule has 238 valence electrons. The van der Waals surface area contributed by atoms with Gasteiger partial charge >= 0.3 is 0 Å². The van der Waals surface area contributed by atoms with Gasteiger partial charge in [-0.15, -0.1) is 0 Å². The molecule has 0 aliphatic heterocycles. The molecule has 0 radical (unpaired) electrons. The molecule has 1 aromatic heterocycles. The summed E-state index contributed by atoms with van der Waals surface area (Å²) in [6.45, 7) is 7.50. The SMILES string of the molecule is CCCCC[C@@H](C(=O)NCNC(=O)c1ccc(-c2ccc(P(C)(=O)OC)c(C)c2)o1)[C@@H](CC)N(C=O)OCc1ccccc1.